The Bertz CT molecular complexity index is 1030. The highest BCUT2D eigenvalue weighted by atomic mass is 32.2. The minimum atomic E-state index is -0.618. The Kier molecular flexibility index (Phi) is 9.48. The van der Waals surface area contributed by atoms with Gasteiger partial charge in [0, 0.05) is 15.8 Å². The molecule has 9 N–H and O–H groups in total. The SMILES string of the molecule is CC(=O)c1cc(N)c(F)cc1SC#N.Cc1nsc2cc(F)c(N)cc12.N.O. The molecule has 11 heteroatoms. The first kappa shape index (κ1) is 25.2. The average Bonchev–Trinajstić information content (AvgIpc) is 2.92. The molecule has 1 aromatic heterocycles. The van der Waals surface area contributed by atoms with E-state index in [0.29, 0.717) is 4.90 Å². The quantitative estimate of drug-likeness (QED) is 0.241. The zero-order valence-corrected chi connectivity index (χ0v) is 16.7. The van der Waals surface area contributed by atoms with E-state index >= 15 is 0 Å². The number of anilines is 2. The zero-order chi connectivity index (χ0) is 19.4. The maximum Gasteiger partial charge on any atom is 0.161 e. The number of nitrogens with two attached hydrogens (primary N) is 2. The van der Waals surface area contributed by atoms with Gasteiger partial charge in [-0.3, -0.25) is 4.79 Å². The minimum Gasteiger partial charge on any atom is -0.412 e. The molecule has 1 heterocycles. The van der Waals surface area contributed by atoms with Crippen molar-refractivity contribution < 1.29 is 19.1 Å². The van der Waals surface area contributed by atoms with Gasteiger partial charge >= 0.3 is 0 Å². The van der Waals surface area contributed by atoms with Gasteiger partial charge in [-0.1, -0.05) is 0 Å². The molecule has 0 spiro atoms. The fourth-order valence-corrected chi connectivity index (χ4v) is 3.45. The van der Waals surface area contributed by atoms with Crippen molar-refractivity contribution in [2.75, 3.05) is 11.5 Å². The number of nitrogen functional groups attached to an aromatic ring is 2. The predicted molar refractivity (Wildman–Crippen MR) is 110 cm³/mol. The Morgan fingerprint density at radius 2 is 1.75 bits per heavy atom. The normalized spacial score (nSPS) is 9.39. The monoisotopic (exact) mass is 427 g/mol. The van der Waals surface area contributed by atoms with Gasteiger partial charge in [0.25, 0.3) is 0 Å². The maximum atomic E-state index is 13.0. The molecule has 7 nitrogen and oxygen atoms in total. The molecule has 3 aromatic rings. The minimum absolute atomic E-state index is 0. The number of aryl methyl sites for hydroxylation is 1. The summed E-state index contributed by atoms with van der Waals surface area (Å²) in [6.45, 7) is 3.23. The Balaban J connectivity index is 0.000000489. The van der Waals surface area contributed by atoms with Gasteiger partial charge in [0.1, 0.15) is 17.0 Å². The number of nitrogens with zero attached hydrogens (tertiary/aromatic N) is 2. The van der Waals surface area contributed by atoms with Crippen LogP contribution < -0.4 is 17.6 Å². The van der Waals surface area contributed by atoms with E-state index in [1.807, 2.05) is 6.92 Å². The molecule has 0 radical (unpaired) electrons. The van der Waals surface area contributed by atoms with Crippen molar-refractivity contribution in [3.05, 3.63) is 47.2 Å². The van der Waals surface area contributed by atoms with Crippen LogP contribution in [0.1, 0.15) is 23.0 Å². The molecular formula is C17H19F2N5O2S2. The highest BCUT2D eigenvalue weighted by Gasteiger charge is 2.11. The van der Waals surface area contributed by atoms with Gasteiger partial charge in [-0.05, 0) is 61.4 Å². The molecule has 0 unspecified atom stereocenters. The third-order valence-corrected chi connectivity index (χ3v) is 4.95. The molecule has 0 saturated carbocycles. The average molecular weight is 428 g/mol. The molecule has 0 saturated heterocycles. The largest absolute Gasteiger partial charge is 0.412 e. The van der Waals surface area contributed by atoms with Gasteiger partial charge in [0.05, 0.1) is 21.8 Å². The highest BCUT2D eigenvalue weighted by Crippen LogP contribution is 2.27. The molecule has 2 aromatic carbocycles. The number of rotatable bonds is 2. The number of thioether (sulfide) groups is 1. The standard InChI is InChI=1S/C9H7FN2OS.C8H7FN2S.H3N.H2O/c1-5(13)6-2-8(12)7(10)3-9(6)14-4-11;1-4-5-2-7(10)6(9)3-8(5)12-11-4;;/h2-3H,12H2,1H3;2-3H,10H2,1H3;1H3;1H2. The molecule has 28 heavy (non-hydrogen) atoms. The predicted octanol–water partition coefficient (Wildman–Crippen LogP) is 3.85. The van der Waals surface area contributed by atoms with E-state index in [0.717, 1.165) is 33.6 Å². The van der Waals surface area contributed by atoms with Crippen molar-refractivity contribution in [2.45, 2.75) is 18.7 Å². The number of fused-ring (bicyclic) bond motifs is 1. The van der Waals surface area contributed by atoms with Crippen LogP contribution in [0.4, 0.5) is 20.2 Å². The lowest BCUT2D eigenvalue weighted by Gasteiger charge is -2.04. The number of hydrogen-bond acceptors (Lipinski definition) is 8. The molecule has 0 bridgehead atoms. The Labute approximate surface area is 168 Å². The van der Waals surface area contributed by atoms with Crippen LogP contribution in [0.5, 0.6) is 0 Å². The second-order valence-corrected chi connectivity index (χ2v) is 6.89. The van der Waals surface area contributed by atoms with Crippen LogP contribution in [0.2, 0.25) is 0 Å². The molecule has 0 aliphatic rings. The second-order valence-electron chi connectivity index (χ2n) is 5.26. The Morgan fingerprint density at radius 1 is 1.18 bits per heavy atom. The lowest BCUT2D eigenvalue weighted by molar-refractivity contribution is 0.101. The highest BCUT2D eigenvalue weighted by molar-refractivity contribution is 8.03. The van der Waals surface area contributed by atoms with Gasteiger partial charge in [-0.2, -0.15) is 9.64 Å². The smallest absolute Gasteiger partial charge is 0.161 e. The lowest BCUT2D eigenvalue weighted by atomic mass is 10.1. The van der Waals surface area contributed by atoms with Crippen LogP contribution in [-0.2, 0) is 0 Å². The van der Waals surface area contributed by atoms with Gasteiger partial charge in [-0.15, -0.1) is 0 Å². The first-order valence-corrected chi connectivity index (χ1v) is 8.80. The molecule has 150 valence electrons. The van der Waals surface area contributed by atoms with Gasteiger partial charge in [0.2, 0.25) is 0 Å². The van der Waals surface area contributed by atoms with Crippen LogP contribution in [0.15, 0.2) is 29.2 Å². The summed E-state index contributed by atoms with van der Waals surface area (Å²) < 4.78 is 30.8. The first-order valence-electron chi connectivity index (χ1n) is 7.21. The summed E-state index contributed by atoms with van der Waals surface area (Å²) in [4.78, 5) is 11.4. The topological polar surface area (TPSA) is 172 Å². The summed E-state index contributed by atoms with van der Waals surface area (Å²) in [5.41, 5.74) is 12.0. The summed E-state index contributed by atoms with van der Waals surface area (Å²) in [7, 11) is 0. The van der Waals surface area contributed by atoms with E-state index in [9.17, 15) is 13.6 Å². The van der Waals surface area contributed by atoms with Crippen molar-refractivity contribution in [1.82, 2.24) is 10.5 Å². The fourth-order valence-electron chi connectivity index (χ4n) is 2.08. The number of hydrogen-bond donors (Lipinski definition) is 3. The third-order valence-electron chi connectivity index (χ3n) is 3.40. The number of nitriles is 1. The van der Waals surface area contributed by atoms with E-state index in [4.69, 9.17) is 16.7 Å². The van der Waals surface area contributed by atoms with Crippen LogP contribution >= 0.6 is 23.3 Å². The second kappa shape index (κ2) is 10.5. The Morgan fingerprint density at radius 3 is 2.32 bits per heavy atom. The number of aromatic nitrogens is 1. The lowest BCUT2D eigenvalue weighted by Crippen LogP contribution is -1.99. The van der Waals surface area contributed by atoms with Crippen molar-refractivity contribution in [3.63, 3.8) is 0 Å². The van der Waals surface area contributed by atoms with E-state index in [-0.39, 0.29) is 40.2 Å². The molecular weight excluding hydrogens is 408 g/mol. The van der Waals surface area contributed by atoms with E-state index in [1.54, 1.807) is 11.5 Å². The number of ketones is 1. The van der Waals surface area contributed by atoms with Crippen LogP contribution in [-0.4, -0.2) is 15.6 Å². The maximum absolute atomic E-state index is 13.0. The number of benzene rings is 2. The summed E-state index contributed by atoms with van der Waals surface area (Å²) in [5, 5.41) is 11.2. The van der Waals surface area contributed by atoms with Crippen LogP contribution in [0, 0.1) is 29.2 Å². The van der Waals surface area contributed by atoms with Crippen molar-refractivity contribution >= 4 is 50.5 Å². The first-order chi connectivity index (χ1) is 12.2. The third kappa shape index (κ3) is 5.61. The number of halogens is 2. The van der Waals surface area contributed by atoms with Crippen molar-refractivity contribution in [3.8, 4) is 5.40 Å². The summed E-state index contributed by atoms with van der Waals surface area (Å²) in [6, 6.07) is 5.40. The molecule has 0 amide bonds. The van der Waals surface area contributed by atoms with E-state index in [2.05, 4.69) is 4.37 Å². The molecule has 0 aliphatic carbocycles. The number of carbonyl (C=O) groups is 1. The molecule has 0 atom stereocenters. The number of Topliss-reactive ketones (excluding diaryl/α,β-unsaturated/α-hetero) is 1. The fraction of sp³-hybridized carbons (Fsp3) is 0.118. The number of thiocyanates is 1. The van der Waals surface area contributed by atoms with Crippen molar-refractivity contribution in [2.24, 2.45) is 0 Å². The zero-order valence-electron chi connectivity index (χ0n) is 15.0. The van der Waals surface area contributed by atoms with Gasteiger partial charge in [-0.25, -0.2) is 8.78 Å². The van der Waals surface area contributed by atoms with E-state index in [1.165, 1.54) is 30.6 Å². The summed E-state index contributed by atoms with van der Waals surface area (Å²) in [5.74, 6) is -1.23. The van der Waals surface area contributed by atoms with E-state index < -0.39 is 5.82 Å². The van der Waals surface area contributed by atoms with Crippen molar-refractivity contribution in [1.29, 1.82) is 5.26 Å². The molecule has 0 fully saturated rings. The van der Waals surface area contributed by atoms with Crippen LogP contribution in [0.25, 0.3) is 10.1 Å². The number of carbonyl (C=O) groups excluding carboxylic acids is 1. The summed E-state index contributed by atoms with van der Waals surface area (Å²) in [6.07, 6.45) is 0. The summed E-state index contributed by atoms with van der Waals surface area (Å²) >= 11 is 2.03. The van der Waals surface area contributed by atoms with Gasteiger partial charge in [0.15, 0.2) is 5.78 Å². The molecule has 0 aliphatic heterocycles. The van der Waals surface area contributed by atoms with Crippen LogP contribution in [0.3, 0.4) is 0 Å². The Hall–Kier alpha value is -2.78. The van der Waals surface area contributed by atoms with Gasteiger partial charge < -0.3 is 23.1 Å². The molecule has 3 rings (SSSR count).